The molecule has 0 aromatic heterocycles. The highest BCUT2D eigenvalue weighted by atomic mass is 35.5. The molecule has 6 nitrogen and oxygen atoms in total. The van der Waals surface area contributed by atoms with Crippen molar-refractivity contribution in [3.63, 3.8) is 0 Å². The van der Waals surface area contributed by atoms with Crippen LogP contribution in [0.2, 0.25) is 5.02 Å². The highest BCUT2D eigenvalue weighted by Gasteiger charge is 2.31. The van der Waals surface area contributed by atoms with E-state index in [9.17, 15) is 14.4 Å². The third-order valence-corrected chi connectivity index (χ3v) is 6.87. The van der Waals surface area contributed by atoms with Gasteiger partial charge in [0.2, 0.25) is 11.8 Å². The average Bonchev–Trinajstić information content (AvgIpc) is 3.16. The van der Waals surface area contributed by atoms with Gasteiger partial charge in [0, 0.05) is 42.0 Å². The minimum Gasteiger partial charge on any atom is -0.354 e. The summed E-state index contributed by atoms with van der Waals surface area (Å²) in [6.45, 7) is 5.24. The minimum atomic E-state index is -0.564. The summed E-state index contributed by atoms with van der Waals surface area (Å²) < 4.78 is 0. The number of halogens is 1. The molecule has 0 spiro atoms. The van der Waals surface area contributed by atoms with E-state index in [0.717, 1.165) is 28.4 Å². The molecule has 3 amide bonds. The molecule has 7 heteroatoms. The highest BCUT2D eigenvalue weighted by molar-refractivity contribution is 6.30. The monoisotopic (exact) mass is 505 g/mol. The molecular weight excluding hydrogens is 474 g/mol. The van der Waals surface area contributed by atoms with Gasteiger partial charge in [-0.2, -0.15) is 0 Å². The lowest BCUT2D eigenvalue weighted by Gasteiger charge is -2.31. The highest BCUT2D eigenvalue weighted by Crippen LogP contribution is 2.37. The first-order chi connectivity index (χ1) is 17.4. The van der Waals surface area contributed by atoms with Gasteiger partial charge >= 0.3 is 0 Å². The van der Waals surface area contributed by atoms with Gasteiger partial charge in [0.05, 0.1) is 5.69 Å². The largest absolute Gasteiger partial charge is 0.354 e. The fourth-order valence-corrected chi connectivity index (χ4v) is 4.93. The Morgan fingerprint density at radius 2 is 1.75 bits per heavy atom. The number of nitrogens with zero attached hydrogens (tertiary/aromatic N) is 2. The maximum atomic E-state index is 13.5. The predicted octanol–water partition coefficient (Wildman–Crippen LogP) is 5.57. The van der Waals surface area contributed by atoms with Crippen molar-refractivity contribution in [2.75, 3.05) is 18.0 Å². The van der Waals surface area contributed by atoms with Gasteiger partial charge in [-0.25, -0.2) is 0 Å². The Hall–Kier alpha value is -3.38. The van der Waals surface area contributed by atoms with Crippen LogP contribution >= 0.6 is 11.6 Å². The van der Waals surface area contributed by atoms with Crippen LogP contribution in [-0.4, -0.2) is 41.8 Å². The smallest absolute Gasteiger partial charge is 0.258 e. The molecule has 0 radical (unpaired) electrons. The number of carbonyl (C=O) groups is 3. The molecule has 0 fully saturated rings. The van der Waals surface area contributed by atoms with E-state index in [1.807, 2.05) is 62.4 Å². The summed E-state index contributed by atoms with van der Waals surface area (Å²) in [5.41, 5.74) is 2.51. The number of benzene rings is 3. The van der Waals surface area contributed by atoms with E-state index in [1.54, 1.807) is 21.9 Å². The molecule has 188 valence electrons. The van der Waals surface area contributed by atoms with Crippen molar-refractivity contribution in [1.29, 1.82) is 0 Å². The van der Waals surface area contributed by atoms with E-state index in [-0.39, 0.29) is 24.1 Å². The molecule has 0 saturated carbocycles. The van der Waals surface area contributed by atoms with E-state index in [2.05, 4.69) is 5.32 Å². The molecule has 1 atom stereocenters. The second-order valence-corrected chi connectivity index (χ2v) is 9.54. The topological polar surface area (TPSA) is 69.7 Å². The molecule has 0 bridgehead atoms. The van der Waals surface area contributed by atoms with E-state index >= 15 is 0 Å². The molecule has 1 heterocycles. The standard InChI is InChI=1S/C29H32ClN3O3/c1-3-17-31-28(35)24(4-2)33(19-20-13-15-22(30)16-14-20)26(34)12-7-18-32-25-11-6-9-21-8-5-10-23(27(21)25)29(32)36/h5-6,8-11,13-16,24H,3-4,7,12,17-19H2,1-2H3,(H,31,35)/t24-/m1/s1. The van der Waals surface area contributed by atoms with Crippen molar-refractivity contribution >= 4 is 45.8 Å². The van der Waals surface area contributed by atoms with Crippen molar-refractivity contribution in [2.45, 2.75) is 52.1 Å². The van der Waals surface area contributed by atoms with E-state index < -0.39 is 6.04 Å². The van der Waals surface area contributed by atoms with E-state index in [4.69, 9.17) is 11.6 Å². The first-order valence-corrected chi connectivity index (χ1v) is 13.0. The minimum absolute atomic E-state index is 0.0300. The van der Waals surface area contributed by atoms with Crippen LogP contribution in [0.1, 0.15) is 55.5 Å². The van der Waals surface area contributed by atoms with Crippen molar-refractivity contribution in [1.82, 2.24) is 10.2 Å². The van der Waals surface area contributed by atoms with Gasteiger partial charge in [0.25, 0.3) is 5.91 Å². The van der Waals surface area contributed by atoms with E-state index in [0.29, 0.717) is 43.1 Å². The summed E-state index contributed by atoms with van der Waals surface area (Å²) >= 11 is 6.04. The van der Waals surface area contributed by atoms with Crippen LogP contribution in [0.5, 0.6) is 0 Å². The van der Waals surface area contributed by atoms with Gasteiger partial charge in [0.1, 0.15) is 6.04 Å². The fraction of sp³-hybridized carbons (Fsp3) is 0.345. The van der Waals surface area contributed by atoms with Crippen molar-refractivity contribution < 1.29 is 14.4 Å². The average molecular weight is 506 g/mol. The zero-order chi connectivity index (χ0) is 25.7. The molecule has 36 heavy (non-hydrogen) atoms. The van der Waals surface area contributed by atoms with Gasteiger partial charge in [-0.05, 0) is 54.5 Å². The Morgan fingerprint density at radius 3 is 2.44 bits per heavy atom. The molecule has 0 saturated heterocycles. The zero-order valence-electron chi connectivity index (χ0n) is 20.8. The summed E-state index contributed by atoms with van der Waals surface area (Å²) in [6, 6.07) is 18.4. The number of hydrogen-bond acceptors (Lipinski definition) is 3. The second-order valence-electron chi connectivity index (χ2n) is 9.10. The zero-order valence-corrected chi connectivity index (χ0v) is 21.6. The van der Waals surface area contributed by atoms with Crippen LogP contribution < -0.4 is 10.2 Å². The number of hydrogen-bond donors (Lipinski definition) is 1. The van der Waals surface area contributed by atoms with Crippen LogP contribution in [0.4, 0.5) is 5.69 Å². The Balaban J connectivity index is 1.47. The number of carbonyl (C=O) groups excluding carboxylic acids is 3. The predicted molar refractivity (Wildman–Crippen MR) is 144 cm³/mol. The van der Waals surface area contributed by atoms with Gasteiger partial charge in [-0.1, -0.05) is 61.8 Å². The van der Waals surface area contributed by atoms with Crippen LogP contribution in [0.15, 0.2) is 60.7 Å². The fourth-order valence-electron chi connectivity index (χ4n) is 4.81. The molecule has 1 aliphatic heterocycles. The lowest BCUT2D eigenvalue weighted by molar-refractivity contribution is -0.141. The quantitative estimate of drug-likeness (QED) is 0.370. The summed E-state index contributed by atoms with van der Waals surface area (Å²) in [5.74, 6) is -0.276. The molecule has 1 aliphatic rings. The first-order valence-electron chi connectivity index (χ1n) is 12.6. The lowest BCUT2D eigenvalue weighted by Crippen LogP contribution is -2.49. The summed E-state index contributed by atoms with van der Waals surface area (Å²) in [4.78, 5) is 42.9. The van der Waals surface area contributed by atoms with Crippen molar-refractivity contribution in [2.24, 2.45) is 0 Å². The van der Waals surface area contributed by atoms with Gasteiger partial charge < -0.3 is 15.1 Å². The van der Waals surface area contributed by atoms with E-state index in [1.165, 1.54) is 0 Å². The summed E-state index contributed by atoms with van der Waals surface area (Å²) in [7, 11) is 0. The maximum absolute atomic E-state index is 13.5. The van der Waals surface area contributed by atoms with Gasteiger partial charge in [0.15, 0.2) is 0 Å². The normalized spacial score (nSPS) is 13.2. The third kappa shape index (κ3) is 5.39. The Bertz CT molecular complexity index is 1250. The molecule has 1 N–H and O–H groups in total. The van der Waals surface area contributed by atoms with Crippen LogP contribution in [-0.2, 0) is 16.1 Å². The molecule has 0 aliphatic carbocycles. The SMILES string of the molecule is CCCNC(=O)[C@@H](CC)N(Cc1ccc(Cl)cc1)C(=O)CCCN1C(=O)c2cccc3cccc1c23. The van der Waals surface area contributed by atoms with Crippen LogP contribution in [0, 0.1) is 0 Å². The number of amides is 3. The molecule has 3 aromatic rings. The first kappa shape index (κ1) is 25.7. The molecule has 4 rings (SSSR count). The van der Waals surface area contributed by atoms with Crippen molar-refractivity contribution in [3.05, 3.63) is 76.8 Å². The Labute approximate surface area is 217 Å². The Morgan fingerprint density at radius 1 is 1.03 bits per heavy atom. The maximum Gasteiger partial charge on any atom is 0.258 e. The third-order valence-electron chi connectivity index (χ3n) is 6.62. The lowest BCUT2D eigenvalue weighted by atomic mass is 10.1. The van der Waals surface area contributed by atoms with Crippen LogP contribution in [0.25, 0.3) is 10.8 Å². The second kappa shape index (κ2) is 11.6. The summed E-state index contributed by atoms with van der Waals surface area (Å²) in [6.07, 6.45) is 2.07. The van der Waals surface area contributed by atoms with Gasteiger partial charge in [-0.15, -0.1) is 0 Å². The van der Waals surface area contributed by atoms with Crippen molar-refractivity contribution in [3.8, 4) is 0 Å². The Kier molecular flexibility index (Phi) is 8.26. The molecular formula is C29H32ClN3O3. The number of anilines is 1. The van der Waals surface area contributed by atoms with Crippen LogP contribution in [0.3, 0.4) is 0 Å². The summed E-state index contributed by atoms with van der Waals surface area (Å²) in [5, 5.41) is 5.56. The molecule has 3 aromatic carbocycles. The van der Waals surface area contributed by atoms with Gasteiger partial charge in [-0.3, -0.25) is 14.4 Å². The number of rotatable bonds is 11. The molecule has 0 unspecified atom stereocenters. The number of nitrogens with one attached hydrogen (secondary N) is 1.